The third-order valence-corrected chi connectivity index (χ3v) is 9.31. The molecule has 0 spiro atoms. The Balaban J connectivity index is 1.36. The lowest BCUT2D eigenvalue weighted by Gasteiger charge is -2.40. The molecule has 1 saturated heterocycles. The molecular weight excluding hydrogens is 542 g/mol. The van der Waals surface area contributed by atoms with Gasteiger partial charge in [0.2, 0.25) is 5.91 Å². The summed E-state index contributed by atoms with van der Waals surface area (Å²) in [4.78, 5) is 17.9. The van der Waals surface area contributed by atoms with Crippen molar-refractivity contribution in [1.29, 1.82) is 0 Å². The van der Waals surface area contributed by atoms with Gasteiger partial charge < -0.3 is 4.90 Å². The summed E-state index contributed by atoms with van der Waals surface area (Å²) in [5, 5.41) is 0.507. The van der Waals surface area contributed by atoms with E-state index in [1.807, 2.05) is 36.4 Å². The average molecular weight is 574 g/mol. The van der Waals surface area contributed by atoms with Crippen molar-refractivity contribution >= 4 is 33.2 Å². The van der Waals surface area contributed by atoms with Crippen molar-refractivity contribution in [2.24, 2.45) is 0 Å². The summed E-state index contributed by atoms with van der Waals surface area (Å²) in [6.07, 6.45) is 0. The number of anilines is 1. The summed E-state index contributed by atoms with van der Waals surface area (Å²) in [7, 11) is -3.99. The molecule has 8 heteroatoms. The highest BCUT2D eigenvalue weighted by molar-refractivity contribution is 7.92. The van der Waals surface area contributed by atoms with E-state index in [-0.39, 0.29) is 23.4 Å². The van der Waals surface area contributed by atoms with Crippen molar-refractivity contribution in [1.82, 2.24) is 9.80 Å². The van der Waals surface area contributed by atoms with Crippen molar-refractivity contribution in [2.45, 2.75) is 17.9 Å². The van der Waals surface area contributed by atoms with Gasteiger partial charge in [0.25, 0.3) is 10.0 Å². The van der Waals surface area contributed by atoms with Crippen LogP contribution in [0.4, 0.5) is 5.69 Å². The van der Waals surface area contributed by atoms with Crippen LogP contribution >= 0.6 is 11.6 Å². The molecule has 0 N–H and O–H groups in total. The molecule has 0 aromatic heterocycles. The number of benzene rings is 4. The molecule has 1 fully saturated rings. The van der Waals surface area contributed by atoms with Crippen LogP contribution in [-0.2, 0) is 14.8 Å². The Hall–Kier alpha value is -3.65. The van der Waals surface area contributed by atoms with E-state index < -0.39 is 10.0 Å². The predicted molar refractivity (Wildman–Crippen MR) is 160 cm³/mol. The zero-order valence-corrected chi connectivity index (χ0v) is 23.9. The number of carbonyl (C=O) groups is 1. The van der Waals surface area contributed by atoms with E-state index >= 15 is 0 Å². The number of sulfonamides is 1. The van der Waals surface area contributed by atoms with Crippen LogP contribution in [0.15, 0.2) is 114 Å². The highest BCUT2D eigenvalue weighted by atomic mass is 35.5. The Bertz CT molecular complexity index is 1500. The van der Waals surface area contributed by atoms with E-state index in [0.717, 1.165) is 0 Å². The van der Waals surface area contributed by atoms with Gasteiger partial charge in [0.05, 0.1) is 16.6 Å². The quantitative estimate of drug-likeness (QED) is 0.268. The Morgan fingerprint density at radius 2 is 1.32 bits per heavy atom. The zero-order chi connectivity index (χ0) is 28.1. The van der Waals surface area contributed by atoms with Gasteiger partial charge in [-0.15, -0.1) is 0 Å². The maximum atomic E-state index is 13.8. The number of halogens is 1. The number of hydrogen-bond acceptors (Lipinski definition) is 4. The van der Waals surface area contributed by atoms with Crippen LogP contribution in [0.25, 0.3) is 0 Å². The van der Waals surface area contributed by atoms with Gasteiger partial charge in [-0.2, -0.15) is 0 Å². The molecule has 1 aliphatic rings. The maximum Gasteiger partial charge on any atom is 0.264 e. The average Bonchev–Trinajstić information content (AvgIpc) is 2.98. The third kappa shape index (κ3) is 6.07. The fraction of sp³-hybridized carbons (Fsp3) is 0.219. The minimum Gasteiger partial charge on any atom is -0.339 e. The summed E-state index contributed by atoms with van der Waals surface area (Å²) in [6.45, 7) is 3.87. The van der Waals surface area contributed by atoms with E-state index in [0.29, 0.717) is 42.5 Å². The third-order valence-electron chi connectivity index (χ3n) is 7.30. The zero-order valence-electron chi connectivity index (χ0n) is 22.4. The van der Waals surface area contributed by atoms with Crippen LogP contribution in [0.2, 0.25) is 5.02 Å². The summed E-state index contributed by atoms with van der Waals surface area (Å²) in [6, 6.07) is 34.1. The molecule has 1 aliphatic heterocycles. The first-order valence-electron chi connectivity index (χ1n) is 13.3. The van der Waals surface area contributed by atoms with Crippen LogP contribution in [0, 0.1) is 6.92 Å². The summed E-state index contributed by atoms with van der Waals surface area (Å²) < 4.78 is 28.7. The molecule has 1 amide bonds. The molecule has 0 saturated carbocycles. The molecule has 0 radical (unpaired) electrons. The second-order valence-electron chi connectivity index (χ2n) is 9.90. The first-order chi connectivity index (χ1) is 19.3. The Kier molecular flexibility index (Phi) is 8.54. The summed E-state index contributed by atoms with van der Waals surface area (Å²) in [5.41, 5.74) is 3.52. The summed E-state index contributed by atoms with van der Waals surface area (Å²) >= 11 is 6.16. The predicted octanol–water partition coefficient (Wildman–Crippen LogP) is 5.78. The lowest BCUT2D eigenvalue weighted by molar-refractivity contribution is -0.131. The van der Waals surface area contributed by atoms with Crippen LogP contribution < -0.4 is 4.31 Å². The van der Waals surface area contributed by atoms with E-state index in [2.05, 4.69) is 29.2 Å². The standard InChI is InChI=1S/C32H32ClN3O3S/c1-25-23-28(33)17-18-30(25)36(40(38,39)29-15-9-4-10-16-29)24-31(37)34-19-21-35(22-20-34)32(26-11-5-2-6-12-26)27-13-7-3-8-14-27/h2-18,23,32H,19-22,24H2,1H3. The number of piperazine rings is 1. The molecule has 4 aromatic carbocycles. The van der Waals surface area contributed by atoms with E-state index in [9.17, 15) is 13.2 Å². The lowest BCUT2D eigenvalue weighted by Crippen LogP contribution is -2.52. The Labute approximate surface area is 241 Å². The Morgan fingerprint density at radius 3 is 1.85 bits per heavy atom. The number of carbonyl (C=O) groups excluding carboxylic acids is 1. The summed E-state index contributed by atoms with van der Waals surface area (Å²) in [5.74, 6) is -0.232. The first-order valence-corrected chi connectivity index (χ1v) is 15.1. The topological polar surface area (TPSA) is 60.9 Å². The molecule has 206 valence electrons. The molecule has 0 bridgehead atoms. The first kappa shape index (κ1) is 27.9. The van der Waals surface area contributed by atoms with Crippen molar-refractivity contribution in [3.63, 3.8) is 0 Å². The fourth-order valence-corrected chi connectivity index (χ4v) is 6.98. The SMILES string of the molecule is Cc1cc(Cl)ccc1N(CC(=O)N1CCN(C(c2ccccc2)c2ccccc2)CC1)S(=O)(=O)c1ccccc1. The molecule has 6 nitrogen and oxygen atoms in total. The molecule has 0 atom stereocenters. The normalized spacial score (nSPS) is 14.3. The van der Waals surface area contributed by atoms with Crippen molar-refractivity contribution in [3.8, 4) is 0 Å². The molecule has 40 heavy (non-hydrogen) atoms. The van der Waals surface area contributed by atoms with Crippen molar-refractivity contribution in [3.05, 3.63) is 131 Å². The lowest BCUT2D eigenvalue weighted by atomic mass is 9.96. The van der Waals surface area contributed by atoms with Gasteiger partial charge in [0.1, 0.15) is 6.54 Å². The number of amides is 1. The second-order valence-corrected chi connectivity index (χ2v) is 12.2. The largest absolute Gasteiger partial charge is 0.339 e. The molecule has 0 aliphatic carbocycles. The van der Waals surface area contributed by atoms with Gasteiger partial charge in [-0.25, -0.2) is 8.42 Å². The Morgan fingerprint density at radius 1 is 0.800 bits per heavy atom. The van der Waals surface area contributed by atoms with Crippen LogP contribution in [0.3, 0.4) is 0 Å². The van der Waals surface area contributed by atoms with E-state index in [1.54, 1.807) is 60.4 Å². The van der Waals surface area contributed by atoms with Gasteiger partial charge >= 0.3 is 0 Å². The molecule has 1 heterocycles. The monoisotopic (exact) mass is 573 g/mol. The molecular formula is C32H32ClN3O3S. The van der Waals surface area contributed by atoms with E-state index in [4.69, 9.17) is 11.6 Å². The number of nitrogens with zero attached hydrogens (tertiary/aromatic N) is 3. The smallest absolute Gasteiger partial charge is 0.264 e. The van der Waals surface area contributed by atoms with Crippen LogP contribution in [0.5, 0.6) is 0 Å². The van der Waals surface area contributed by atoms with Gasteiger partial charge in [-0.3, -0.25) is 14.0 Å². The molecule has 5 rings (SSSR count). The minimum absolute atomic E-state index is 0.0753. The highest BCUT2D eigenvalue weighted by Gasteiger charge is 2.32. The van der Waals surface area contributed by atoms with Gasteiger partial charge in [0, 0.05) is 31.2 Å². The van der Waals surface area contributed by atoms with Crippen LogP contribution in [-0.4, -0.2) is 56.8 Å². The van der Waals surface area contributed by atoms with Crippen molar-refractivity contribution < 1.29 is 13.2 Å². The van der Waals surface area contributed by atoms with Gasteiger partial charge in [0.15, 0.2) is 0 Å². The molecule has 0 unspecified atom stereocenters. The number of hydrogen-bond donors (Lipinski definition) is 0. The van der Waals surface area contributed by atoms with Gasteiger partial charge in [-0.1, -0.05) is 90.5 Å². The number of rotatable bonds is 8. The van der Waals surface area contributed by atoms with Crippen LogP contribution in [0.1, 0.15) is 22.7 Å². The van der Waals surface area contributed by atoms with Crippen molar-refractivity contribution in [2.75, 3.05) is 37.0 Å². The number of aryl methyl sites for hydroxylation is 1. The highest BCUT2D eigenvalue weighted by Crippen LogP contribution is 2.31. The fourth-order valence-electron chi connectivity index (χ4n) is 5.26. The minimum atomic E-state index is -3.99. The van der Waals surface area contributed by atoms with Gasteiger partial charge in [-0.05, 0) is 53.9 Å². The second kappa shape index (κ2) is 12.3. The maximum absolute atomic E-state index is 13.8. The van der Waals surface area contributed by atoms with E-state index in [1.165, 1.54) is 15.4 Å². The molecule has 4 aromatic rings.